The molecule has 0 aliphatic carbocycles. The molecule has 104 valence electrons. The summed E-state index contributed by atoms with van der Waals surface area (Å²) in [6.45, 7) is 2.42. The molecule has 4 nitrogen and oxygen atoms in total. The molecule has 19 heavy (non-hydrogen) atoms. The van der Waals surface area contributed by atoms with Crippen molar-refractivity contribution in [1.82, 2.24) is 5.32 Å². The molecule has 1 unspecified atom stereocenters. The van der Waals surface area contributed by atoms with E-state index in [9.17, 15) is 4.79 Å². The van der Waals surface area contributed by atoms with Crippen LogP contribution in [0.5, 0.6) is 0 Å². The first kappa shape index (κ1) is 14.2. The van der Waals surface area contributed by atoms with Gasteiger partial charge in [-0.3, -0.25) is 4.79 Å². The Kier molecular flexibility index (Phi) is 4.66. The van der Waals surface area contributed by atoms with Crippen LogP contribution in [0, 0.1) is 0 Å². The minimum absolute atomic E-state index is 0. The SMILES string of the molecule is Cl.O=C(NC1CCCOC1)c1ccc2c(c1)CCN2. The van der Waals surface area contributed by atoms with Gasteiger partial charge in [-0.15, -0.1) is 12.4 Å². The van der Waals surface area contributed by atoms with E-state index in [1.54, 1.807) is 0 Å². The highest BCUT2D eigenvalue weighted by atomic mass is 35.5. The average Bonchev–Trinajstić information content (AvgIpc) is 2.87. The summed E-state index contributed by atoms with van der Waals surface area (Å²) in [4.78, 5) is 12.1. The maximum atomic E-state index is 12.1. The molecule has 3 rings (SSSR count). The van der Waals surface area contributed by atoms with Crippen LogP contribution in [-0.2, 0) is 11.2 Å². The lowest BCUT2D eigenvalue weighted by Gasteiger charge is -2.23. The summed E-state index contributed by atoms with van der Waals surface area (Å²) in [6, 6.07) is 6.04. The Hall–Kier alpha value is -1.26. The number of rotatable bonds is 2. The molecule has 1 amide bonds. The smallest absolute Gasteiger partial charge is 0.251 e. The third-order valence-corrected chi connectivity index (χ3v) is 3.57. The number of ether oxygens (including phenoxy) is 1. The van der Waals surface area contributed by atoms with Gasteiger partial charge in [-0.25, -0.2) is 0 Å². The van der Waals surface area contributed by atoms with Crippen LogP contribution in [0.1, 0.15) is 28.8 Å². The van der Waals surface area contributed by atoms with Gasteiger partial charge in [-0.2, -0.15) is 0 Å². The number of hydrogen-bond donors (Lipinski definition) is 2. The summed E-state index contributed by atoms with van der Waals surface area (Å²) >= 11 is 0. The molecule has 0 saturated carbocycles. The summed E-state index contributed by atoms with van der Waals surface area (Å²) in [5.41, 5.74) is 3.15. The lowest BCUT2D eigenvalue weighted by Crippen LogP contribution is -2.40. The zero-order valence-corrected chi connectivity index (χ0v) is 11.6. The van der Waals surface area contributed by atoms with Crippen LogP contribution in [0.3, 0.4) is 0 Å². The van der Waals surface area contributed by atoms with E-state index in [1.165, 1.54) is 5.56 Å². The van der Waals surface area contributed by atoms with E-state index in [1.807, 2.05) is 18.2 Å². The highest BCUT2D eigenvalue weighted by molar-refractivity contribution is 5.95. The number of anilines is 1. The fourth-order valence-electron chi connectivity index (χ4n) is 2.57. The van der Waals surface area contributed by atoms with Crippen LogP contribution in [0.2, 0.25) is 0 Å². The quantitative estimate of drug-likeness (QED) is 0.872. The number of carbonyl (C=O) groups is 1. The van der Waals surface area contributed by atoms with Crippen molar-refractivity contribution in [2.45, 2.75) is 25.3 Å². The number of halogens is 1. The first-order valence-corrected chi connectivity index (χ1v) is 6.58. The van der Waals surface area contributed by atoms with E-state index in [4.69, 9.17) is 4.74 Å². The van der Waals surface area contributed by atoms with Crippen molar-refractivity contribution in [1.29, 1.82) is 0 Å². The zero-order chi connectivity index (χ0) is 12.4. The molecule has 1 atom stereocenters. The van der Waals surface area contributed by atoms with Crippen LogP contribution in [0.15, 0.2) is 18.2 Å². The Morgan fingerprint density at radius 2 is 2.32 bits per heavy atom. The topological polar surface area (TPSA) is 50.4 Å². The van der Waals surface area contributed by atoms with Gasteiger partial charge in [-0.05, 0) is 43.0 Å². The summed E-state index contributed by atoms with van der Waals surface area (Å²) in [5, 5.41) is 6.34. The third-order valence-electron chi connectivity index (χ3n) is 3.57. The molecule has 0 spiro atoms. The first-order chi connectivity index (χ1) is 8.83. The number of amides is 1. The van der Waals surface area contributed by atoms with Crippen LogP contribution < -0.4 is 10.6 Å². The third kappa shape index (κ3) is 3.19. The van der Waals surface area contributed by atoms with Gasteiger partial charge in [0.2, 0.25) is 0 Å². The first-order valence-electron chi connectivity index (χ1n) is 6.58. The Morgan fingerprint density at radius 1 is 1.42 bits per heavy atom. The summed E-state index contributed by atoms with van der Waals surface area (Å²) in [6.07, 6.45) is 3.04. The van der Waals surface area contributed by atoms with Gasteiger partial charge in [0.1, 0.15) is 0 Å². The maximum Gasteiger partial charge on any atom is 0.251 e. The lowest BCUT2D eigenvalue weighted by atomic mass is 10.1. The second-order valence-electron chi connectivity index (χ2n) is 4.94. The summed E-state index contributed by atoms with van der Waals surface area (Å²) < 4.78 is 5.37. The predicted octanol–water partition coefficient (Wildman–Crippen LogP) is 1.99. The summed E-state index contributed by atoms with van der Waals surface area (Å²) in [7, 11) is 0. The molecule has 2 N–H and O–H groups in total. The molecule has 0 bridgehead atoms. The molecule has 0 aromatic heterocycles. The minimum Gasteiger partial charge on any atom is -0.384 e. The van der Waals surface area contributed by atoms with E-state index in [2.05, 4.69) is 10.6 Å². The number of nitrogens with one attached hydrogen (secondary N) is 2. The Labute approximate surface area is 119 Å². The Morgan fingerprint density at radius 3 is 3.11 bits per heavy atom. The predicted molar refractivity (Wildman–Crippen MR) is 77.2 cm³/mol. The molecule has 1 fully saturated rings. The molecular weight excluding hydrogens is 264 g/mol. The van der Waals surface area contributed by atoms with Crippen molar-refractivity contribution in [3.63, 3.8) is 0 Å². The minimum atomic E-state index is 0. The highest BCUT2D eigenvalue weighted by Gasteiger charge is 2.18. The van der Waals surface area contributed by atoms with Gasteiger partial charge < -0.3 is 15.4 Å². The second-order valence-corrected chi connectivity index (χ2v) is 4.94. The number of hydrogen-bond acceptors (Lipinski definition) is 3. The van der Waals surface area contributed by atoms with Crippen molar-refractivity contribution >= 4 is 24.0 Å². The van der Waals surface area contributed by atoms with Gasteiger partial charge in [0, 0.05) is 24.4 Å². The maximum absolute atomic E-state index is 12.1. The fraction of sp³-hybridized carbons (Fsp3) is 0.500. The highest BCUT2D eigenvalue weighted by Crippen LogP contribution is 2.23. The molecular formula is C14H19ClN2O2. The standard InChI is InChI=1S/C14H18N2O2.ClH/c17-14(16-12-2-1-7-18-9-12)11-3-4-13-10(8-11)5-6-15-13;/h3-4,8,12,15H,1-2,5-7,9H2,(H,16,17);1H. The lowest BCUT2D eigenvalue weighted by molar-refractivity contribution is 0.0624. The van der Waals surface area contributed by atoms with E-state index in [-0.39, 0.29) is 24.4 Å². The molecule has 1 aromatic carbocycles. The Bertz CT molecular complexity index is 459. The largest absolute Gasteiger partial charge is 0.384 e. The van der Waals surface area contributed by atoms with Crippen LogP contribution in [0.25, 0.3) is 0 Å². The number of fused-ring (bicyclic) bond motifs is 1. The van der Waals surface area contributed by atoms with E-state index < -0.39 is 0 Å². The molecule has 5 heteroatoms. The van der Waals surface area contributed by atoms with Crippen molar-refractivity contribution in [3.05, 3.63) is 29.3 Å². The normalized spacial score (nSPS) is 20.9. The molecule has 2 aliphatic rings. The van der Waals surface area contributed by atoms with Gasteiger partial charge in [0.25, 0.3) is 5.91 Å². The molecule has 2 aliphatic heterocycles. The molecule has 2 heterocycles. The van der Waals surface area contributed by atoms with Crippen LogP contribution in [-0.4, -0.2) is 31.7 Å². The Balaban J connectivity index is 0.00000133. The number of benzene rings is 1. The average molecular weight is 283 g/mol. The molecule has 0 radical (unpaired) electrons. The van der Waals surface area contributed by atoms with E-state index in [0.717, 1.165) is 43.7 Å². The zero-order valence-electron chi connectivity index (χ0n) is 10.8. The van der Waals surface area contributed by atoms with Gasteiger partial charge >= 0.3 is 0 Å². The van der Waals surface area contributed by atoms with Crippen LogP contribution in [0.4, 0.5) is 5.69 Å². The fourth-order valence-corrected chi connectivity index (χ4v) is 2.57. The summed E-state index contributed by atoms with van der Waals surface area (Å²) in [5.74, 6) is 0.0141. The van der Waals surface area contributed by atoms with E-state index in [0.29, 0.717) is 6.61 Å². The monoisotopic (exact) mass is 282 g/mol. The van der Waals surface area contributed by atoms with Gasteiger partial charge in [-0.1, -0.05) is 0 Å². The van der Waals surface area contributed by atoms with Crippen molar-refractivity contribution in [2.75, 3.05) is 25.1 Å². The molecule has 1 aromatic rings. The van der Waals surface area contributed by atoms with E-state index >= 15 is 0 Å². The van der Waals surface area contributed by atoms with Crippen molar-refractivity contribution in [2.24, 2.45) is 0 Å². The van der Waals surface area contributed by atoms with Gasteiger partial charge in [0.05, 0.1) is 12.6 Å². The van der Waals surface area contributed by atoms with Gasteiger partial charge in [0.15, 0.2) is 0 Å². The molecule has 1 saturated heterocycles. The second kappa shape index (κ2) is 6.26. The van der Waals surface area contributed by atoms with Crippen molar-refractivity contribution < 1.29 is 9.53 Å². The van der Waals surface area contributed by atoms with Crippen molar-refractivity contribution in [3.8, 4) is 0 Å². The van der Waals surface area contributed by atoms with Crippen LogP contribution >= 0.6 is 12.4 Å². The number of carbonyl (C=O) groups excluding carboxylic acids is 1.